The summed E-state index contributed by atoms with van der Waals surface area (Å²) in [6.45, 7) is 3.98. The van der Waals surface area contributed by atoms with Gasteiger partial charge < -0.3 is 4.74 Å². The lowest BCUT2D eigenvalue weighted by Gasteiger charge is -2.19. The van der Waals surface area contributed by atoms with Crippen LogP contribution in [0.4, 0.5) is 0 Å². The van der Waals surface area contributed by atoms with Crippen LogP contribution < -0.4 is 0 Å². The van der Waals surface area contributed by atoms with Gasteiger partial charge in [0.2, 0.25) is 0 Å². The van der Waals surface area contributed by atoms with Gasteiger partial charge in [0.15, 0.2) is 5.78 Å². The number of ether oxygens (including phenoxy) is 1. The van der Waals surface area contributed by atoms with Gasteiger partial charge in [-0.3, -0.25) is 4.79 Å². The molecule has 2 rings (SSSR count). The Labute approximate surface area is 108 Å². The first kappa shape index (κ1) is 12.8. The minimum Gasteiger partial charge on any atom is -0.373 e. The topological polar surface area (TPSA) is 26.3 Å². The molecule has 94 valence electrons. The van der Waals surface area contributed by atoms with Gasteiger partial charge in [-0.25, -0.2) is 0 Å². The van der Waals surface area contributed by atoms with E-state index in [2.05, 4.69) is 0 Å². The fourth-order valence-electron chi connectivity index (χ4n) is 2.44. The number of rotatable bonds is 4. The van der Waals surface area contributed by atoms with Crippen LogP contribution in [0.25, 0.3) is 0 Å². The molecule has 18 heavy (non-hydrogen) atoms. The lowest BCUT2D eigenvalue weighted by atomic mass is 9.88. The average Bonchev–Trinajstić information content (AvgIpc) is 2.79. The van der Waals surface area contributed by atoms with Gasteiger partial charge in [0, 0.05) is 18.6 Å². The molecule has 0 bridgehead atoms. The number of methoxy groups -OCH3 is 1. The fourth-order valence-corrected chi connectivity index (χ4v) is 2.44. The molecule has 0 N–H and O–H groups in total. The summed E-state index contributed by atoms with van der Waals surface area (Å²) < 4.78 is 5.40. The number of benzene rings is 1. The molecular formula is C16H18O2. The largest absolute Gasteiger partial charge is 0.373 e. The number of allylic oxidation sites excluding steroid dienone is 2. The highest BCUT2D eigenvalue weighted by Gasteiger charge is 2.28. The molecule has 0 saturated heterocycles. The normalized spacial score (nSPS) is 20.3. The Morgan fingerprint density at radius 1 is 1.28 bits per heavy atom. The van der Waals surface area contributed by atoms with Gasteiger partial charge in [-0.1, -0.05) is 49.4 Å². The van der Waals surface area contributed by atoms with Crippen molar-refractivity contribution in [1.82, 2.24) is 0 Å². The van der Waals surface area contributed by atoms with E-state index in [1.54, 1.807) is 7.11 Å². The minimum atomic E-state index is -0.146. The van der Waals surface area contributed by atoms with Crippen molar-refractivity contribution >= 4 is 5.78 Å². The number of carbonyl (C=O) groups excluding carboxylic acids is 1. The molecule has 2 atom stereocenters. The molecule has 1 aromatic rings. The lowest BCUT2D eigenvalue weighted by Crippen LogP contribution is -2.22. The zero-order chi connectivity index (χ0) is 13.1. The van der Waals surface area contributed by atoms with Crippen LogP contribution in [-0.4, -0.2) is 19.0 Å². The van der Waals surface area contributed by atoms with Crippen molar-refractivity contribution in [3.63, 3.8) is 0 Å². The predicted molar refractivity (Wildman–Crippen MR) is 72.6 cm³/mol. The SMILES string of the molecule is COC1C=CC(C)=C1C(C)C(=O)c1ccccc1. The molecule has 2 heteroatoms. The highest BCUT2D eigenvalue weighted by molar-refractivity contribution is 5.99. The number of hydrogen-bond donors (Lipinski definition) is 0. The quantitative estimate of drug-likeness (QED) is 0.756. The van der Waals surface area contributed by atoms with Gasteiger partial charge in [0.1, 0.15) is 0 Å². The maximum Gasteiger partial charge on any atom is 0.169 e. The van der Waals surface area contributed by atoms with Crippen LogP contribution in [0.2, 0.25) is 0 Å². The van der Waals surface area contributed by atoms with E-state index >= 15 is 0 Å². The van der Waals surface area contributed by atoms with Crippen LogP contribution in [0.15, 0.2) is 53.6 Å². The second kappa shape index (κ2) is 5.32. The Bertz CT molecular complexity index is 497. The van der Waals surface area contributed by atoms with Gasteiger partial charge in [-0.15, -0.1) is 0 Å². The zero-order valence-electron chi connectivity index (χ0n) is 11.0. The molecule has 2 nitrogen and oxygen atoms in total. The molecule has 0 fully saturated rings. The molecule has 0 aromatic heterocycles. The van der Waals surface area contributed by atoms with Crippen LogP contribution in [0.3, 0.4) is 0 Å². The molecule has 1 aromatic carbocycles. The Balaban J connectivity index is 2.25. The Morgan fingerprint density at radius 2 is 1.94 bits per heavy atom. The first-order valence-electron chi connectivity index (χ1n) is 6.16. The van der Waals surface area contributed by atoms with E-state index in [1.807, 2.05) is 56.3 Å². The predicted octanol–water partition coefficient (Wildman–Crippen LogP) is 3.41. The van der Waals surface area contributed by atoms with Gasteiger partial charge in [0.05, 0.1) is 6.10 Å². The summed E-state index contributed by atoms with van der Waals surface area (Å²) in [5.41, 5.74) is 2.97. The van der Waals surface area contributed by atoms with E-state index in [1.165, 1.54) is 0 Å². The average molecular weight is 242 g/mol. The molecule has 2 unspecified atom stereocenters. The van der Waals surface area contributed by atoms with Crippen molar-refractivity contribution in [3.8, 4) is 0 Å². The van der Waals surface area contributed by atoms with E-state index in [-0.39, 0.29) is 17.8 Å². The van der Waals surface area contributed by atoms with Crippen LogP contribution >= 0.6 is 0 Å². The van der Waals surface area contributed by atoms with Crippen molar-refractivity contribution in [2.75, 3.05) is 7.11 Å². The van der Waals surface area contributed by atoms with Crippen molar-refractivity contribution in [1.29, 1.82) is 0 Å². The van der Waals surface area contributed by atoms with E-state index in [0.29, 0.717) is 0 Å². The van der Waals surface area contributed by atoms with E-state index in [4.69, 9.17) is 4.74 Å². The Hall–Kier alpha value is -1.67. The van der Waals surface area contributed by atoms with Gasteiger partial charge in [-0.2, -0.15) is 0 Å². The molecule has 0 aliphatic heterocycles. The van der Waals surface area contributed by atoms with Crippen LogP contribution in [0, 0.1) is 5.92 Å². The molecule has 0 spiro atoms. The number of ketones is 1. The maximum absolute atomic E-state index is 12.4. The third-order valence-electron chi connectivity index (χ3n) is 3.45. The lowest BCUT2D eigenvalue weighted by molar-refractivity contribution is 0.0921. The summed E-state index contributed by atoms with van der Waals surface area (Å²) in [4.78, 5) is 12.4. The highest BCUT2D eigenvalue weighted by atomic mass is 16.5. The standard InChI is InChI=1S/C16H18O2/c1-11-9-10-14(18-3)15(11)12(2)16(17)13-7-5-4-6-8-13/h4-10,12,14H,1-3H3. The van der Waals surface area contributed by atoms with E-state index in [9.17, 15) is 4.79 Å². The fraction of sp³-hybridized carbons (Fsp3) is 0.312. The van der Waals surface area contributed by atoms with Crippen molar-refractivity contribution in [2.45, 2.75) is 20.0 Å². The van der Waals surface area contributed by atoms with Crippen LogP contribution in [-0.2, 0) is 4.74 Å². The third kappa shape index (κ3) is 2.29. The van der Waals surface area contributed by atoms with Gasteiger partial charge >= 0.3 is 0 Å². The molecule has 0 saturated carbocycles. The minimum absolute atomic E-state index is 0.0623. The summed E-state index contributed by atoms with van der Waals surface area (Å²) in [6.07, 6.45) is 3.96. The molecule has 0 heterocycles. The first-order valence-corrected chi connectivity index (χ1v) is 6.16. The van der Waals surface area contributed by atoms with Crippen molar-refractivity contribution < 1.29 is 9.53 Å². The molecule has 1 aliphatic rings. The third-order valence-corrected chi connectivity index (χ3v) is 3.45. The summed E-state index contributed by atoms with van der Waals surface area (Å²) in [5.74, 6) is 0.00282. The summed E-state index contributed by atoms with van der Waals surface area (Å²) in [6, 6.07) is 9.42. The smallest absolute Gasteiger partial charge is 0.169 e. The Morgan fingerprint density at radius 3 is 2.56 bits per heavy atom. The zero-order valence-corrected chi connectivity index (χ0v) is 11.0. The van der Waals surface area contributed by atoms with Crippen molar-refractivity contribution in [2.24, 2.45) is 5.92 Å². The molecule has 0 amide bonds. The molecule has 0 radical (unpaired) electrons. The highest BCUT2D eigenvalue weighted by Crippen LogP contribution is 2.30. The number of Topliss-reactive ketones (excluding diaryl/α,β-unsaturated/α-hetero) is 1. The summed E-state index contributed by atoms with van der Waals surface area (Å²) in [5, 5.41) is 0. The van der Waals surface area contributed by atoms with Gasteiger partial charge in [-0.05, 0) is 18.1 Å². The molecule has 1 aliphatic carbocycles. The van der Waals surface area contributed by atoms with E-state index < -0.39 is 0 Å². The van der Waals surface area contributed by atoms with Crippen LogP contribution in [0.5, 0.6) is 0 Å². The van der Waals surface area contributed by atoms with E-state index in [0.717, 1.165) is 16.7 Å². The number of hydrogen-bond acceptors (Lipinski definition) is 2. The monoisotopic (exact) mass is 242 g/mol. The Kier molecular flexibility index (Phi) is 3.78. The maximum atomic E-state index is 12.4. The molecular weight excluding hydrogens is 224 g/mol. The van der Waals surface area contributed by atoms with Gasteiger partial charge in [0.25, 0.3) is 0 Å². The first-order chi connectivity index (χ1) is 8.65. The second-order valence-electron chi connectivity index (χ2n) is 4.61. The second-order valence-corrected chi connectivity index (χ2v) is 4.61. The number of carbonyl (C=O) groups is 1. The summed E-state index contributed by atoms with van der Waals surface area (Å²) in [7, 11) is 1.67. The van der Waals surface area contributed by atoms with Crippen LogP contribution in [0.1, 0.15) is 24.2 Å². The summed E-state index contributed by atoms with van der Waals surface area (Å²) >= 11 is 0. The van der Waals surface area contributed by atoms with Crippen molar-refractivity contribution in [3.05, 3.63) is 59.2 Å².